The molecular weight excluding hydrogens is 226 g/mol. The van der Waals surface area contributed by atoms with Crippen molar-refractivity contribution >= 4 is 6.09 Å². The monoisotopic (exact) mass is 247 g/mol. The van der Waals surface area contributed by atoms with E-state index in [2.05, 4.69) is 0 Å². The summed E-state index contributed by atoms with van der Waals surface area (Å²) in [5.41, 5.74) is 4.32. The van der Waals surface area contributed by atoms with Crippen molar-refractivity contribution in [2.75, 3.05) is 20.0 Å². The highest BCUT2D eigenvalue weighted by Crippen LogP contribution is 2.30. The first-order chi connectivity index (χ1) is 7.95. The van der Waals surface area contributed by atoms with Crippen molar-refractivity contribution in [3.63, 3.8) is 0 Å². The molecule has 1 rings (SSSR count). The Balaban J connectivity index is 2.58. The van der Waals surface area contributed by atoms with Gasteiger partial charge in [-0.2, -0.15) is 0 Å². The molecule has 0 aliphatic carbocycles. The van der Waals surface area contributed by atoms with Crippen molar-refractivity contribution in [2.45, 2.75) is 38.4 Å². The predicted octanol–water partition coefficient (Wildman–Crippen LogP) is 0.622. The Morgan fingerprint density at radius 1 is 1.65 bits per heavy atom. The lowest BCUT2D eigenvalue weighted by atomic mass is 9.83. The van der Waals surface area contributed by atoms with E-state index in [0.717, 1.165) is 0 Å². The summed E-state index contributed by atoms with van der Waals surface area (Å²) in [4.78, 5) is 10.8. The molecule has 0 aromatic heterocycles. The molecular formula is C11H21NO5. The van der Waals surface area contributed by atoms with Gasteiger partial charge in [0.2, 0.25) is 0 Å². The number of nitrogens with two attached hydrogens (primary N) is 1. The van der Waals surface area contributed by atoms with Crippen LogP contribution in [0.2, 0.25) is 0 Å². The van der Waals surface area contributed by atoms with Gasteiger partial charge in [-0.1, -0.05) is 0 Å². The predicted molar refractivity (Wildman–Crippen MR) is 60.2 cm³/mol. The highest BCUT2D eigenvalue weighted by atomic mass is 16.7. The van der Waals surface area contributed by atoms with Crippen LogP contribution in [0.15, 0.2) is 0 Å². The van der Waals surface area contributed by atoms with Crippen LogP contribution in [0.4, 0.5) is 4.79 Å². The summed E-state index contributed by atoms with van der Waals surface area (Å²) in [6.45, 7) is 4.44. The second-order valence-electron chi connectivity index (χ2n) is 4.75. The number of rotatable bonds is 6. The molecule has 1 aliphatic heterocycles. The molecule has 0 aromatic rings. The lowest BCUT2D eigenvalue weighted by molar-refractivity contribution is -0.0321. The quantitative estimate of drug-likeness (QED) is 0.718. The largest absolute Gasteiger partial charge is 0.443 e. The normalized spacial score (nSPS) is 22.4. The van der Waals surface area contributed by atoms with Crippen molar-refractivity contribution in [2.24, 2.45) is 11.7 Å². The molecule has 0 spiro atoms. The average Bonchev–Trinajstić information content (AvgIpc) is 2.67. The van der Waals surface area contributed by atoms with Crippen molar-refractivity contribution in [1.82, 2.24) is 0 Å². The van der Waals surface area contributed by atoms with Crippen LogP contribution >= 0.6 is 0 Å². The van der Waals surface area contributed by atoms with Gasteiger partial charge in [-0.3, -0.25) is 0 Å². The van der Waals surface area contributed by atoms with Crippen LogP contribution in [-0.4, -0.2) is 42.9 Å². The molecule has 0 saturated carbocycles. The highest BCUT2D eigenvalue weighted by molar-refractivity contribution is 5.65. The molecule has 0 radical (unpaired) electrons. The Morgan fingerprint density at radius 2 is 2.35 bits per heavy atom. The SMILES string of the molecule is CC(C)(OC(N)=O)C(CCO)CC1COCO1. The second-order valence-corrected chi connectivity index (χ2v) is 4.75. The van der Waals surface area contributed by atoms with Crippen molar-refractivity contribution in [3.8, 4) is 0 Å². The fourth-order valence-electron chi connectivity index (χ4n) is 2.07. The minimum atomic E-state index is -0.804. The molecule has 1 amide bonds. The Hall–Kier alpha value is -0.850. The van der Waals surface area contributed by atoms with E-state index >= 15 is 0 Å². The summed E-state index contributed by atoms with van der Waals surface area (Å²) < 4.78 is 15.6. The van der Waals surface area contributed by atoms with E-state index in [-0.39, 0.29) is 18.6 Å². The zero-order valence-corrected chi connectivity index (χ0v) is 10.3. The van der Waals surface area contributed by atoms with E-state index in [4.69, 9.17) is 25.1 Å². The number of carbonyl (C=O) groups excluding carboxylic acids is 1. The van der Waals surface area contributed by atoms with E-state index in [1.165, 1.54) is 0 Å². The summed E-state index contributed by atoms with van der Waals surface area (Å²) in [5, 5.41) is 9.06. The van der Waals surface area contributed by atoms with Crippen LogP contribution < -0.4 is 5.73 Å². The first-order valence-corrected chi connectivity index (χ1v) is 5.74. The third kappa shape index (κ3) is 4.49. The molecule has 2 atom stereocenters. The van der Waals surface area contributed by atoms with Crippen molar-refractivity contribution in [1.29, 1.82) is 0 Å². The summed E-state index contributed by atoms with van der Waals surface area (Å²) in [6.07, 6.45) is 0.380. The lowest BCUT2D eigenvalue weighted by Crippen LogP contribution is -2.40. The van der Waals surface area contributed by atoms with Crippen LogP contribution in [0.3, 0.4) is 0 Å². The van der Waals surface area contributed by atoms with Crippen LogP contribution in [0.1, 0.15) is 26.7 Å². The molecule has 3 N–H and O–H groups in total. The minimum Gasteiger partial charge on any atom is -0.443 e. The molecule has 0 bridgehead atoms. The maximum atomic E-state index is 10.8. The number of primary amides is 1. The molecule has 1 fully saturated rings. The van der Waals surface area contributed by atoms with Gasteiger partial charge in [0.05, 0.1) is 12.7 Å². The fourth-order valence-corrected chi connectivity index (χ4v) is 2.07. The minimum absolute atomic E-state index is 0.0118. The van der Waals surface area contributed by atoms with Gasteiger partial charge in [-0.05, 0) is 26.7 Å². The van der Waals surface area contributed by atoms with Gasteiger partial charge in [0.15, 0.2) is 0 Å². The summed E-state index contributed by atoms with van der Waals surface area (Å²) in [5.74, 6) is -0.0216. The van der Waals surface area contributed by atoms with Gasteiger partial charge in [0, 0.05) is 12.5 Å². The molecule has 1 aliphatic rings. The van der Waals surface area contributed by atoms with E-state index in [0.29, 0.717) is 26.2 Å². The third-order valence-electron chi connectivity index (χ3n) is 3.06. The smallest absolute Gasteiger partial charge is 0.405 e. The van der Waals surface area contributed by atoms with Gasteiger partial charge in [-0.15, -0.1) is 0 Å². The van der Waals surface area contributed by atoms with Gasteiger partial charge in [0.1, 0.15) is 12.4 Å². The lowest BCUT2D eigenvalue weighted by Gasteiger charge is -2.34. The number of hydrogen-bond donors (Lipinski definition) is 2. The molecule has 6 nitrogen and oxygen atoms in total. The maximum Gasteiger partial charge on any atom is 0.405 e. The Kier molecular flexibility index (Phi) is 5.17. The molecule has 17 heavy (non-hydrogen) atoms. The van der Waals surface area contributed by atoms with Crippen LogP contribution in [0, 0.1) is 5.92 Å². The number of ether oxygens (including phenoxy) is 3. The van der Waals surface area contributed by atoms with Gasteiger partial charge in [0.25, 0.3) is 0 Å². The standard InChI is InChI=1S/C11H21NO5/c1-11(2,17-10(12)14)8(3-4-13)5-9-6-15-7-16-9/h8-9,13H,3-7H2,1-2H3,(H2,12,14). The zero-order valence-electron chi connectivity index (χ0n) is 10.3. The van der Waals surface area contributed by atoms with Gasteiger partial charge >= 0.3 is 6.09 Å². The molecule has 1 heterocycles. The number of aliphatic hydroxyl groups is 1. The molecule has 0 aromatic carbocycles. The Bertz CT molecular complexity index is 250. The van der Waals surface area contributed by atoms with Crippen molar-refractivity contribution in [3.05, 3.63) is 0 Å². The van der Waals surface area contributed by atoms with E-state index in [1.807, 2.05) is 0 Å². The molecule has 100 valence electrons. The highest BCUT2D eigenvalue weighted by Gasteiger charge is 2.35. The molecule has 1 saturated heterocycles. The van der Waals surface area contributed by atoms with Crippen molar-refractivity contribution < 1.29 is 24.1 Å². The number of hydrogen-bond acceptors (Lipinski definition) is 5. The summed E-state index contributed by atoms with van der Waals surface area (Å²) in [6, 6.07) is 0. The van der Waals surface area contributed by atoms with E-state index in [1.54, 1.807) is 13.8 Å². The molecule has 2 unspecified atom stereocenters. The number of amides is 1. The third-order valence-corrected chi connectivity index (χ3v) is 3.06. The molecule has 6 heteroatoms. The zero-order chi connectivity index (χ0) is 12.9. The van der Waals surface area contributed by atoms with Crippen LogP contribution in [-0.2, 0) is 14.2 Å². The Labute approximate surface area is 101 Å². The fraction of sp³-hybridized carbons (Fsp3) is 0.909. The number of aliphatic hydroxyl groups excluding tert-OH is 1. The van der Waals surface area contributed by atoms with Gasteiger partial charge < -0.3 is 25.1 Å². The number of carbonyl (C=O) groups is 1. The first kappa shape index (κ1) is 14.2. The van der Waals surface area contributed by atoms with E-state index < -0.39 is 11.7 Å². The summed E-state index contributed by atoms with van der Waals surface area (Å²) >= 11 is 0. The van der Waals surface area contributed by atoms with E-state index in [9.17, 15) is 4.79 Å². The Morgan fingerprint density at radius 3 is 2.82 bits per heavy atom. The topological polar surface area (TPSA) is 91.0 Å². The maximum absolute atomic E-state index is 10.8. The summed E-state index contributed by atoms with van der Waals surface area (Å²) in [7, 11) is 0. The van der Waals surface area contributed by atoms with Crippen LogP contribution in [0.5, 0.6) is 0 Å². The van der Waals surface area contributed by atoms with Crippen LogP contribution in [0.25, 0.3) is 0 Å². The average molecular weight is 247 g/mol. The second kappa shape index (κ2) is 6.18. The van der Waals surface area contributed by atoms with Gasteiger partial charge in [-0.25, -0.2) is 4.79 Å². The first-order valence-electron chi connectivity index (χ1n) is 5.74.